The van der Waals surface area contributed by atoms with Crippen molar-refractivity contribution >= 4 is 16.8 Å². The van der Waals surface area contributed by atoms with Crippen LogP contribution in [0.4, 0.5) is 4.39 Å². The summed E-state index contributed by atoms with van der Waals surface area (Å²) in [4.78, 5) is 3.68. The molecule has 1 saturated carbocycles. The lowest BCUT2D eigenvalue weighted by molar-refractivity contribution is 0.393. The molecule has 0 aromatic carbocycles. The van der Waals surface area contributed by atoms with Crippen molar-refractivity contribution in [3.8, 4) is 0 Å². The first-order valence-corrected chi connectivity index (χ1v) is 5.99. The maximum Gasteiger partial charge on any atom is 0.163 e. The van der Waals surface area contributed by atoms with Gasteiger partial charge in [-0.1, -0.05) is 37.4 Å². The smallest absolute Gasteiger partial charge is 0.163 e. The molecule has 1 rings (SSSR count). The van der Waals surface area contributed by atoms with Crippen molar-refractivity contribution in [2.75, 3.05) is 0 Å². The normalized spacial score (nSPS) is 19.7. The fraction of sp³-hybridized carbons (Fsp3) is 0.583. The fourth-order valence-electron chi connectivity index (χ4n) is 1.79. The Bertz CT molecular complexity index is 300. The van der Waals surface area contributed by atoms with E-state index in [9.17, 15) is 4.39 Å². The van der Waals surface area contributed by atoms with Crippen molar-refractivity contribution in [2.24, 2.45) is 4.99 Å². The van der Waals surface area contributed by atoms with Crippen LogP contribution in [0, 0.1) is 0 Å². The highest BCUT2D eigenvalue weighted by atomic mass is 35.5. The quantitative estimate of drug-likeness (QED) is 0.589. The van der Waals surface area contributed by atoms with E-state index in [4.69, 9.17) is 11.6 Å². The van der Waals surface area contributed by atoms with E-state index >= 15 is 0 Å². The molecule has 1 N–H and O–H groups in total. The van der Waals surface area contributed by atoms with E-state index in [1.54, 1.807) is 6.92 Å². The molecule has 1 aliphatic carbocycles. The second-order valence-corrected chi connectivity index (χ2v) is 4.61. The molecule has 0 saturated heterocycles. The van der Waals surface area contributed by atoms with Gasteiger partial charge in [-0.3, -0.25) is 0 Å². The van der Waals surface area contributed by atoms with Crippen LogP contribution in [0.1, 0.15) is 39.0 Å². The van der Waals surface area contributed by atoms with Gasteiger partial charge in [0.2, 0.25) is 0 Å². The van der Waals surface area contributed by atoms with Crippen LogP contribution in [0.15, 0.2) is 29.3 Å². The SMILES string of the molecule is C=C(NC1CCCCC1)/C(F)=C\N=C(/C)Cl. The van der Waals surface area contributed by atoms with E-state index in [2.05, 4.69) is 16.9 Å². The molecule has 1 fully saturated rings. The summed E-state index contributed by atoms with van der Waals surface area (Å²) in [5.74, 6) is -0.453. The Kier molecular flexibility index (Phi) is 5.53. The van der Waals surface area contributed by atoms with Gasteiger partial charge in [-0.15, -0.1) is 0 Å². The number of hydrogen-bond acceptors (Lipinski definition) is 2. The highest BCUT2D eigenvalue weighted by molar-refractivity contribution is 6.64. The molecule has 16 heavy (non-hydrogen) atoms. The zero-order valence-corrected chi connectivity index (χ0v) is 10.4. The van der Waals surface area contributed by atoms with Crippen LogP contribution in [-0.4, -0.2) is 11.2 Å². The highest BCUT2D eigenvalue weighted by Gasteiger charge is 2.14. The Morgan fingerprint density at radius 1 is 1.44 bits per heavy atom. The summed E-state index contributed by atoms with van der Waals surface area (Å²) in [7, 11) is 0. The summed E-state index contributed by atoms with van der Waals surface area (Å²) in [5.41, 5.74) is 0.300. The second kappa shape index (κ2) is 6.69. The van der Waals surface area contributed by atoms with E-state index in [0.29, 0.717) is 16.9 Å². The van der Waals surface area contributed by atoms with E-state index in [-0.39, 0.29) is 0 Å². The summed E-state index contributed by atoms with van der Waals surface area (Å²) in [6, 6.07) is 0.349. The topological polar surface area (TPSA) is 24.4 Å². The second-order valence-electron chi connectivity index (χ2n) is 4.06. The summed E-state index contributed by atoms with van der Waals surface area (Å²) in [6.45, 7) is 5.26. The van der Waals surface area contributed by atoms with Gasteiger partial charge >= 0.3 is 0 Å². The van der Waals surface area contributed by atoms with Crippen LogP contribution in [0.5, 0.6) is 0 Å². The van der Waals surface area contributed by atoms with E-state index < -0.39 is 5.83 Å². The van der Waals surface area contributed by atoms with Gasteiger partial charge in [0.05, 0.1) is 11.9 Å². The van der Waals surface area contributed by atoms with Crippen molar-refractivity contribution in [1.29, 1.82) is 0 Å². The standard InChI is InChI=1S/C12H18ClFN2/c1-9(12(14)8-15-10(2)13)16-11-6-4-3-5-7-11/h8,11,16H,1,3-7H2,2H3/b12-8+,15-10+. The molecule has 0 aromatic heterocycles. The lowest BCUT2D eigenvalue weighted by Gasteiger charge is -2.24. The number of nitrogens with one attached hydrogen (secondary N) is 1. The maximum atomic E-state index is 13.4. The largest absolute Gasteiger partial charge is 0.380 e. The average molecular weight is 245 g/mol. The molecule has 0 aliphatic heterocycles. The first-order chi connectivity index (χ1) is 7.59. The number of halogens is 2. The summed E-state index contributed by atoms with van der Waals surface area (Å²) < 4.78 is 13.4. The minimum Gasteiger partial charge on any atom is -0.380 e. The minimum atomic E-state index is -0.453. The van der Waals surface area contributed by atoms with Crippen LogP contribution in [0.2, 0.25) is 0 Å². The molecule has 0 heterocycles. The van der Waals surface area contributed by atoms with Crippen molar-refractivity contribution in [1.82, 2.24) is 5.32 Å². The molecule has 0 unspecified atom stereocenters. The van der Waals surface area contributed by atoms with Gasteiger partial charge < -0.3 is 5.32 Å². The van der Waals surface area contributed by atoms with Crippen molar-refractivity contribution < 1.29 is 4.39 Å². The average Bonchev–Trinajstić information content (AvgIpc) is 2.27. The lowest BCUT2D eigenvalue weighted by Crippen LogP contribution is -2.30. The number of aliphatic imine (C=N–C) groups is 1. The molecule has 0 radical (unpaired) electrons. The Morgan fingerprint density at radius 3 is 2.62 bits per heavy atom. The first kappa shape index (κ1) is 13.2. The summed E-state index contributed by atoms with van der Waals surface area (Å²) in [5, 5.41) is 3.40. The van der Waals surface area contributed by atoms with Crippen molar-refractivity contribution in [3.63, 3.8) is 0 Å². The van der Waals surface area contributed by atoms with Gasteiger partial charge in [0.15, 0.2) is 5.83 Å². The third-order valence-electron chi connectivity index (χ3n) is 2.63. The summed E-state index contributed by atoms with van der Waals surface area (Å²) in [6.07, 6.45) is 6.96. The number of nitrogens with zero attached hydrogens (tertiary/aromatic N) is 1. The lowest BCUT2D eigenvalue weighted by atomic mass is 9.95. The first-order valence-electron chi connectivity index (χ1n) is 5.61. The third-order valence-corrected chi connectivity index (χ3v) is 2.73. The molecular formula is C12H18ClFN2. The number of hydrogen-bond donors (Lipinski definition) is 1. The van der Waals surface area contributed by atoms with E-state index in [0.717, 1.165) is 19.0 Å². The minimum absolute atomic E-state index is 0.300. The van der Waals surface area contributed by atoms with Crippen LogP contribution < -0.4 is 5.32 Å². The van der Waals surface area contributed by atoms with Crippen LogP contribution in [-0.2, 0) is 0 Å². The van der Waals surface area contributed by atoms with Crippen LogP contribution >= 0.6 is 11.6 Å². The molecule has 90 valence electrons. The van der Waals surface area contributed by atoms with Crippen molar-refractivity contribution in [3.05, 3.63) is 24.3 Å². The van der Waals surface area contributed by atoms with E-state index in [1.807, 2.05) is 0 Å². The molecule has 0 bridgehead atoms. The fourth-order valence-corrected chi connectivity index (χ4v) is 1.83. The van der Waals surface area contributed by atoms with Gasteiger partial charge in [-0.2, -0.15) is 0 Å². The van der Waals surface area contributed by atoms with Gasteiger partial charge in [0.25, 0.3) is 0 Å². The Morgan fingerprint density at radius 2 is 2.06 bits per heavy atom. The van der Waals surface area contributed by atoms with Crippen molar-refractivity contribution in [2.45, 2.75) is 45.1 Å². The monoisotopic (exact) mass is 244 g/mol. The molecule has 2 nitrogen and oxygen atoms in total. The molecule has 1 aliphatic rings. The van der Waals surface area contributed by atoms with Crippen LogP contribution in [0.25, 0.3) is 0 Å². The number of allylic oxidation sites excluding steroid dienone is 1. The van der Waals surface area contributed by atoms with Gasteiger partial charge in [0.1, 0.15) is 5.17 Å². The van der Waals surface area contributed by atoms with Gasteiger partial charge in [-0.05, 0) is 19.8 Å². The zero-order valence-electron chi connectivity index (χ0n) is 9.60. The predicted octanol–water partition coefficient (Wildman–Crippen LogP) is 3.89. The zero-order chi connectivity index (χ0) is 12.0. The van der Waals surface area contributed by atoms with Crippen LogP contribution in [0.3, 0.4) is 0 Å². The molecule has 0 spiro atoms. The Hall–Kier alpha value is -0.830. The molecule has 0 amide bonds. The molecular weight excluding hydrogens is 227 g/mol. The Labute approximate surface area is 101 Å². The summed E-state index contributed by atoms with van der Waals surface area (Å²) >= 11 is 5.51. The van der Waals surface area contributed by atoms with Gasteiger partial charge in [-0.25, -0.2) is 9.38 Å². The third kappa shape index (κ3) is 4.79. The molecule has 0 aromatic rings. The van der Waals surface area contributed by atoms with Gasteiger partial charge in [0, 0.05) is 6.04 Å². The molecule has 0 atom stereocenters. The Balaban J connectivity index is 2.44. The number of rotatable bonds is 4. The molecule has 4 heteroatoms. The highest BCUT2D eigenvalue weighted by Crippen LogP contribution is 2.19. The van der Waals surface area contributed by atoms with E-state index in [1.165, 1.54) is 19.3 Å². The predicted molar refractivity (Wildman–Crippen MR) is 67.3 cm³/mol. The maximum absolute atomic E-state index is 13.4.